The Labute approximate surface area is 111 Å². The summed E-state index contributed by atoms with van der Waals surface area (Å²) in [6.45, 7) is 1.14. The van der Waals surface area contributed by atoms with Crippen molar-refractivity contribution in [3.8, 4) is 0 Å². The molecule has 0 fully saturated rings. The molecule has 1 aromatic rings. The third-order valence-electron chi connectivity index (χ3n) is 2.72. The highest BCUT2D eigenvalue weighted by Gasteiger charge is 2.12. The molecule has 0 saturated heterocycles. The van der Waals surface area contributed by atoms with E-state index in [0.717, 1.165) is 12.1 Å². The molecule has 108 valence electrons. The van der Waals surface area contributed by atoms with Gasteiger partial charge in [-0.15, -0.1) is 0 Å². The first kappa shape index (κ1) is 16.0. The molecule has 0 heterocycles. The van der Waals surface area contributed by atoms with Crippen molar-refractivity contribution in [3.63, 3.8) is 0 Å². The number of rotatable bonds is 8. The van der Waals surface area contributed by atoms with Crippen LogP contribution >= 0.6 is 0 Å². The van der Waals surface area contributed by atoms with Crippen LogP contribution in [0.1, 0.15) is 11.7 Å². The fourth-order valence-electron chi connectivity index (χ4n) is 1.61. The normalized spacial score (nSPS) is 14.4. The Balaban J connectivity index is 2.42. The molecular weight excluding hydrogens is 256 g/mol. The van der Waals surface area contributed by atoms with E-state index in [-0.39, 0.29) is 12.6 Å². The first-order valence-corrected chi connectivity index (χ1v) is 5.94. The summed E-state index contributed by atoms with van der Waals surface area (Å²) < 4.78 is 35.8. The Morgan fingerprint density at radius 2 is 1.95 bits per heavy atom. The summed E-state index contributed by atoms with van der Waals surface area (Å²) in [6, 6.07) is 3.34. The van der Waals surface area contributed by atoms with Crippen LogP contribution in [0.25, 0.3) is 0 Å². The van der Waals surface area contributed by atoms with Gasteiger partial charge in [-0.2, -0.15) is 0 Å². The van der Waals surface area contributed by atoms with Gasteiger partial charge in [0.1, 0.15) is 0 Å². The van der Waals surface area contributed by atoms with E-state index in [2.05, 4.69) is 5.32 Å². The maximum absolute atomic E-state index is 13.0. The maximum atomic E-state index is 13.0. The number of benzene rings is 1. The van der Waals surface area contributed by atoms with Gasteiger partial charge < -0.3 is 19.9 Å². The van der Waals surface area contributed by atoms with Crippen LogP contribution in [0, 0.1) is 11.6 Å². The minimum atomic E-state index is -0.967. The lowest BCUT2D eigenvalue weighted by atomic mass is 10.1. The van der Waals surface area contributed by atoms with Crippen LogP contribution in [0.15, 0.2) is 18.2 Å². The molecule has 0 aliphatic heterocycles. The molecule has 19 heavy (non-hydrogen) atoms. The molecule has 2 atom stereocenters. The zero-order chi connectivity index (χ0) is 14.3. The second kappa shape index (κ2) is 8.16. The van der Waals surface area contributed by atoms with Crippen LogP contribution < -0.4 is 5.32 Å². The van der Waals surface area contributed by atoms with Crippen LogP contribution in [0.4, 0.5) is 8.78 Å². The lowest BCUT2D eigenvalue weighted by Gasteiger charge is -2.17. The van der Waals surface area contributed by atoms with Gasteiger partial charge in [-0.1, -0.05) is 6.07 Å². The van der Waals surface area contributed by atoms with Gasteiger partial charge in [-0.3, -0.25) is 0 Å². The van der Waals surface area contributed by atoms with Crippen molar-refractivity contribution in [2.45, 2.75) is 12.2 Å². The fraction of sp³-hybridized carbons (Fsp3) is 0.538. The lowest BCUT2D eigenvalue weighted by molar-refractivity contribution is 0.0270. The Bertz CT molecular complexity index is 390. The first-order chi connectivity index (χ1) is 9.08. The predicted molar refractivity (Wildman–Crippen MR) is 66.9 cm³/mol. The summed E-state index contributed by atoms with van der Waals surface area (Å²) in [5.74, 6) is -1.89. The summed E-state index contributed by atoms with van der Waals surface area (Å²) in [4.78, 5) is 0. The van der Waals surface area contributed by atoms with Gasteiger partial charge in [0.25, 0.3) is 0 Å². The highest BCUT2D eigenvalue weighted by atomic mass is 19.2. The number of aliphatic hydroxyl groups is 1. The van der Waals surface area contributed by atoms with E-state index >= 15 is 0 Å². The number of hydrogen-bond donors (Lipinski definition) is 2. The van der Waals surface area contributed by atoms with E-state index in [1.54, 1.807) is 14.2 Å². The van der Waals surface area contributed by atoms with Crippen LogP contribution in [-0.4, -0.2) is 45.1 Å². The van der Waals surface area contributed by atoms with Crippen molar-refractivity contribution >= 4 is 0 Å². The zero-order valence-corrected chi connectivity index (χ0v) is 11.0. The molecule has 2 N–H and O–H groups in total. The molecule has 0 aromatic heterocycles. The smallest absolute Gasteiger partial charge is 0.159 e. The van der Waals surface area contributed by atoms with E-state index in [1.165, 1.54) is 6.07 Å². The van der Waals surface area contributed by atoms with E-state index < -0.39 is 17.7 Å². The third kappa shape index (κ3) is 5.20. The van der Waals surface area contributed by atoms with Crippen LogP contribution in [0.5, 0.6) is 0 Å². The maximum Gasteiger partial charge on any atom is 0.159 e. The highest BCUT2D eigenvalue weighted by molar-refractivity contribution is 5.20. The molecule has 1 aromatic carbocycles. The van der Waals surface area contributed by atoms with E-state index in [1.807, 2.05) is 0 Å². The molecule has 0 radical (unpaired) electrons. The van der Waals surface area contributed by atoms with Crippen molar-refractivity contribution in [1.82, 2.24) is 5.32 Å². The number of ether oxygens (including phenoxy) is 2. The molecule has 0 bridgehead atoms. The van der Waals surface area contributed by atoms with Crippen molar-refractivity contribution < 1.29 is 23.4 Å². The van der Waals surface area contributed by atoms with Gasteiger partial charge in [0, 0.05) is 27.3 Å². The minimum absolute atomic E-state index is 0.123. The Kier molecular flexibility index (Phi) is 6.86. The zero-order valence-electron chi connectivity index (χ0n) is 11.0. The molecule has 1 rings (SSSR count). The highest BCUT2D eigenvalue weighted by Crippen LogP contribution is 2.15. The summed E-state index contributed by atoms with van der Waals surface area (Å²) in [5.41, 5.74) is 0.326. The van der Waals surface area contributed by atoms with Crippen LogP contribution in [0.3, 0.4) is 0 Å². The molecule has 4 nitrogen and oxygen atoms in total. The van der Waals surface area contributed by atoms with Gasteiger partial charge in [-0.25, -0.2) is 8.78 Å². The molecule has 6 heteroatoms. The number of hydrogen-bond acceptors (Lipinski definition) is 4. The molecular formula is C13H19F2NO3. The Morgan fingerprint density at radius 1 is 1.21 bits per heavy atom. The average molecular weight is 275 g/mol. The molecule has 0 amide bonds. The van der Waals surface area contributed by atoms with Gasteiger partial charge in [0.2, 0.25) is 0 Å². The molecule has 0 spiro atoms. The summed E-state index contributed by atoms with van der Waals surface area (Å²) in [5, 5.41) is 12.8. The average Bonchev–Trinajstić information content (AvgIpc) is 2.40. The van der Waals surface area contributed by atoms with E-state index in [9.17, 15) is 13.9 Å². The van der Waals surface area contributed by atoms with Crippen LogP contribution in [-0.2, 0) is 9.47 Å². The molecule has 0 saturated carbocycles. The number of nitrogens with one attached hydrogen (secondary N) is 1. The monoisotopic (exact) mass is 275 g/mol. The third-order valence-corrected chi connectivity index (χ3v) is 2.72. The Morgan fingerprint density at radius 3 is 2.53 bits per heavy atom. The minimum Gasteiger partial charge on any atom is -0.387 e. The topological polar surface area (TPSA) is 50.7 Å². The predicted octanol–water partition coefficient (Wildman–Crippen LogP) is 1.25. The lowest BCUT2D eigenvalue weighted by Crippen LogP contribution is -2.34. The van der Waals surface area contributed by atoms with Crippen molar-refractivity contribution in [2.24, 2.45) is 0 Å². The quantitative estimate of drug-likeness (QED) is 0.749. The number of aliphatic hydroxyl groups excluding tert-OH is 1. The number of halogens is 2. The van der Waals surface area contributed by atoms with Crippen molar-refractivity contribution in [2.75, 3.05) is 33.9 Å². The largest absolute Gasteiger partial charge is 0.387 e. The van der Waals surface area contributed by atoms with Gasteiger partial charge >= 0.3 is 0 Å². The fourth-order valence-corrected chi connectivity index (χ4v) is 1.61. The van der Waals surface area contributed by atoms with Crippen molar-refractivity contribution in [3.05, 3.63) is 35.4 Å². The standard InChI is InChI=1S/C13H19F2NO3/c1-18-8-10(19-2)6-16-7-13(17)9-3-4-11(14)12(15)5-9/h3-5,10,13,16-17H,6-8H2,1-2H3. The summed E-state index contributed by atoms with van der Waals surface area (Å²) in [7, 11) is 3.14. The van der Waals surface area contributed by atoms with Gasteiger partial charge in [0.15, 0.2) is 11.6 Å². The van der Waals surface area contributed by atoms with E-state index in [4.69, 9.17) is 9.47 Å². The summed E-state index contributed by atoms with van der Waals surface area (Å²) >= 11 is 0. The van der Waals surface area contributed by atoms with Gasteiger partial charge in [-0.05, 0) is 17.7 Å². The SMILES string of the molecule is COCC(CNCC(O)c1ccc(F)c(F)c1)OC. The summed E-state index contributed by atoms with van der Waals surface area (Å²) in [6.07, 6.45) is -1.03. The van der Waals surface area contributed by atoms with Gasteiger partial charge in [0.05, 0.1) is 18.8 Å². The van der Waals surface area contributed by atoms with Crippen molar-refractivity contribution in [1.29, 1.82) is 0 Å². The second-order valence-corrected chi connectivity index (χ2v) is 4.16. The molecule has 0 aliphatic rings. The molecule has 2 unspecified atom stereocenters. The molecule has 0 aliphatic carbocycles. The first-order valence-electron chi connectivity index (χ1n) is 5.94. The Hall–Kier alpha value is -1.08. The second-order valence-electron chi connectivity index (χ2n) is 4.16. The number of methoxy groups -OCH3 is 2. The van der Waals surface area contributed by atoms with Crippen LogP contribution in [0.2, 0.25) is 0 Å². The van der Waals surface area contributed by atoms with E-state index in [0.29, 0.717) is 18.7 Å².